The number of nitrogens with two attached hydrogens (primary N) is 1. The van der Waals surface area contributed by atoms with Crippen molar-refractivity contribution in [3.05, 3.63) is 228 Å². The molecule has 2 N–H and O–H groups in total. The molecule has 0 aliphatic rings. The number of nitrogen functional groups attached to an aromatic ring is 1. The number of benzene rings is 6. The predicted molar refractivity (Wildman–Crippen MR) is 201 cm³/mol. The van der Waals surface area contributed by atoms with E-state index in [1.54, 1.807) is 12.3 Å². The number of anilines is 1. The zero-order chi connectivity index (χ0) is 34.8. The fraction of sp³-hybridized carbons (Fsp3) is 0.111. The third-order valence-electron chi connectivity index (χ3n) is 8.98. The molecule has 252 valence electrons. The first-order valence-electron chi connectivity index (χ1n) is 17.0. The molecule has 6 heteroatoms. The second-order valence-electron chi connectivity index (χ2n) is 12.2. The van der Waals surface area contributed by atoms with Gasteiger partial charge in [0.2, 0.25) is 0 Å². The van der Waals surface area contributed by atoms with Crippen LogP contribution in [0.5, 0.6) is 6.01 Å². The lowest BCUT2D eigenvalue weighted by Crippen LogP contribution is -2.41. The Labute approximate surface area is 299 Å². The Morgan fingerprint density at radius 3 is 1.00 bits per heavy atom. The van der Waals surface area contributed by atoms with E-state index >= 15 is 0 Å². The van der Waals surface area contributed by atoms with Gasteiger partial charge in [-0.3, -0.25) is 0 Å². The standard InChI is InChI=1S/C45H39N3O3/c46-42-31-32-47-43(48-42)51-41(33-49-44(35-19-7-1-8-20-35,36-21-9-2-10-22-36)37-23-11-3-12-24-37)34-50-45(38-25-13-4-14-26-38,39-27-15-5-16-28-39)40-29-17-6-18-30-40/h1-32,41H,33-34H2,(H2,46,47,48). The molecule has 0 atom stereocenters. The van der Waals surface area contributed by atoms with Gasteiger partial charge >= 0.3 is 6.01 Å². The summed E-state index contributed by atoms with van der Waals surface area (Å²) in [6.07, 6.45) is 0.915. The fourth-order valence-electron chi connectivity index (χ4n) is 6.65. The number of rotatable bonds is 14. The molecule has 1 aromatic heterocycles. The van der Waals surface area contributed by atoms with Crippen LogP contribution in [-0.2, 0) is 20.7 Å². The quantitative estimate of drug-likeness (QED) is 0.117. The highest BCUT2D eigenvalue weighted by atomic mass is 16.6. The van der Waals surface area contributed by atoms with Crippen molar-refractivity contribution in [1.82, 2.24) is 9.97 Å². The summed E-state index contributed by atoms with van der Waals surface area (Å²) in [5, 5.41) is 0. The lowest BCUT2D eigenvalue weighted by molar-refractivity contribution is -0.0822. The van der Waals surface area contributed by atoms with Gasteiger partial charge in [-0.05, 0) is 39.4 Å². The smallest absolute Gasteiger partial charge is 0.318 e. The molecule has 6 aromatic carbocycles. The Hall–Kier alpha value is -6.08. The zero-order valence-corrected chi connectivity index (χ0v) is 28.2. The maximum absolute atomic E-state index is 7.24. The molecule has 0 saturated carbocycles. The summed E-state index contributed by atoms with van der Waals surface area (Å²) in [4.78, 5) is 8.78. The van der Waals surface area contributed by atoms with Gasteiger partial charge in [-0.25, -0.2) is 4.98 Å². The fourth-order valence-corrected chi connectivity index (χ4v) is 6.65. The number of hydrogen-bond donors (Lipinski definition) is 1. The Kier molecular flexibility index (Phi) is 10.2. The summed E-state index contributed by atoms with van der Waals surface area (Å²) < 4.78 is 21.0. The summed E-state index contributed by atoms with van der Waals surface area (Å²) in [6, 6.07) is 63.4. The van der Waals surface area contributed by atoms with E-state index in [9.17, 15) is 0 Å². The Balaban J connectivity index is 1.33. The molecule has 7 rings (SSSR count). The van der Waals surface area contributed by atoms with E-state index < -0.39 is 17.3 Å². The van der Waals surface area contributed by atoms with Gasteiger partial charge in [0.25, 0.3) is 0 Å². The summed E-state index contributed by atoms with van der Waals surface area (Å²) in [6.45, 7) is 0.233. The van der Waals surface area contributed by atoms with Crippen molar-refractivity contribution in [1.29, 1.82) is 0 Å². The maximum Gasteiger partial charge on any atom is 0.318 e. The van der Waals surface area contributed by atoms with Gasteiger partial charge in [-0.1, -0.05) is 182 Å². The summed E-state index contributed by atoms with van der Waals surface area (Å²) in [5.41, 5.74) is 10.0. The Morgan fingerprint density at radius 2 is 0.725 bits per heavy atom. The molecule has 0 aliphatic carbocycles. The monoisotopic (exact) mass is 669 g/mol. The Morgan fingerprint density at radius 1 is 0.431 bits per heavy atom. The van der Waals surface area contributed by atoms with E-state index in [0.29, 0.717) is 5.82 Å². The van der Waals surface area contributed by atoms with Crippen molar-refractivity contribution in [2.24, 2.45) is 0 Å². The van der Waals surface area contributed by atoms with Crippen molar-refractivity contribution in [2.75, 3.05) is 18.9 Å². The molecular formula is C45H39N3O3. The van der Waals surface area contributed by atoms with Gasteiger partial charge in [-0.15, -0.1) is 0 Å². The Bertz CT molecular complexity index is 1760. The van der Waals surface area contributed by atoms with Gasteiger partial charge in [0.05, 0.1) is 13.2 Å². The van der Waals surface area contributed by atoms with Crippen LogP contribution in [-0.4, -0.2) is 29.3 Å². The molecule has 0 fully saturated rings. The van der Waals surface area contributed by atoms with Gasteiger partial charge in [0.15, 0.2) is 0 Å². The van der Waals surface area contributed by atoms with Crippen LogP contribution >= 0.6 is 0 Å². The van der Waals surface area contributed by atoms with Crippen LogP contribution in [0.25, 0.3) is 0 Å². The molecule has 51 heavy (non-hydrogen) atoms. The van der Waals surface area contributed by atoms with E-state index in [0.717, 1.165) is 33.4 Å². The molecule has 0 saturated heterocycles. The van der Waals surface area contributed by atoms with Crippen molar-refractivity contribution in [3.8, 4) is 6.01 Å². The number of hydrogen-bond acceptors (Lipinski definition) is 6. The van der Waals surface area contributed by atoms with E-state index in [2.05, 4.69) is 82.8 Å². The normalized spacial score (nSPS) is 11.7. The molecule has 0 amide bonds. The third-order valence-corrected chi connectivity index (χ3v) is 8.98. The SMILES string of the molecule is Nc1ccnc(OC(COC(c2ccccc2)(c2ccccc2)c2ccccc2)COC(c2ccccc2)(c2ccccc2)c2ccccc2)n1. The van der Waals surface area contributed by atoms with E-state index in [1.807, 2.05) is 109 Å². The minimum atomic E-state index is -0.975. The van der Waals surface area contributed by atoms with Gasteiger partial charge in [0.1, 0.15) is 23.1 Å². The molecule has 0 radical (unpaired) electrons. The molecule has 0 aliphatic heterocycles. The minimum absolute atomic E-state index is 0.116. The maximum atomic E-state index is 7.24. The predicted octanol–water partition coefficient (Wildman–Crippen LogP) is 8.82. The highest BCUT2D eigenvalue weighted by Crippen LogP contribution is 2.42. The van der Waals surface area contributed by atoms with Gasteiger partial charge in [-0.2, -0.15) is 4.98 Å². The second-order valence-corrected chi connectivity index (χ2v) is 12.2. The van der Waals surface area contributed by atoms with E-state index in [-0.39, 0.29) is 19.2 Å². The number of aromatic nitrogens is 2. The van der Waals surface area contributed by atoms with Crippen molar-refractivity contribution < 1.29 is 14.2 Å². The van der Waals surface area contributed by atoms with Crippen molar-refractivity contribution in [2.45, 2.75) is 17.3 Å². The van der Waals surface area contributed by atoms with Crippen molar-refractivity contribution in [3.63, 3.8) is 0 Å². The molecule has 0 unspecified atom stereocenters. The molecule has 0 spiro atoms. The third kappa shape index (κ3) is 7.15. The average molecular weight is 670 g/mol. The van der Waals surface area contributed by atoms with Crippen LogP contribution in [0.15, 0.2) is 194 Å². The van der Waals surface area contributed by atoms with E-state index in [4.69, 9.17) is 19.9 Å². The molecule has 7 aromatic rings. The van der Waals surface area contributed by atoms with Crippen LogP contribution in [0.1, 0.15) is 33.4 Å². The summed E-state index contributed by atoms with van der Waals surface area (Å²) >= 11 is 0. The van der Waals surface area contributed by atoms with Crippen LogP contribution < -0.4 is 10.5 Å². The van der Waals surface area contributed by atoms with Crippen LogP contribution in [0.3, 0.4) is 0 Å². The summed E-state index contributed by atoms with van der Waals surface area (Å²) in [7, 11) is 0. The zero-order valence-electron chi connectivity index (χ0n) is 28.2. The molecule has 6 nitrogen and oxygen atoms in total. The minimum Gasteiger partial charge on any atom is -0.455 e. The lowest BCUT2D eigenvalue weighted by Gasteiger charge is -2.39. The lowest BCUT2D eigenvalue weighted by atomic mass is 9.80. The van der Waals surface area contributed by atoms with E-state index in [1.165, 1.54) is 0 Å². The summed E-state index contributed by atoms with van der Waals surface area (Å²) in [5.74, 6) is 0.306. The second kappa shape index (κ2) is 15.6. The topological polar surface area (TPSA) is 79.5 Å². The first-order valence-corrected chi connectivity index (χ1v) is 17.0. The first kappa shape index (κ1) is 33.4. The average Bonchev–Trinajstić information content (AvgIpc) is 3.21. The molecule has 1 heterocycles. The van der Waals surface area contributed by atoms with Gasteiger partial charge in [0, 0.05) is 6.20 Å². The highest BCUT2D eigenvalue weighted by Gasteiger charge is 2.41. The van der Waals surface area contributed by atoms with Crippen LogP contribution in [0.4, 0.5) is 5.82 Å². The largest absolute Gasteiger partial charge is 0.455 e. The highest BCUT2D eigenvalue weighted by molar-refractivity contribution is 5.49. The van der Waals surface area contributed by atoms with Gasteiger partial charge < -0.3 is 19.9 Å². The van der Waals surface area contributed by atoms with Crippen LogP contribution in [0, 0.1) is 0 Å². The number of ether oxygens (including phenoxy) is 3. The van der Waals surface area contributed by atoms with Crippen molar-refractivity contribution >= 4 is 5.82 Å². The van der Waals surface area contributed by atoms with Crippen LogP contribution in [0.2, 0.25) is 0 Å². The first-order chi connectivity index (χ1) is 25.2. The molecular weight excluding hydrogens is 631 g/mol. The number of nitrogens with zero attached hydrogens (tertiary/aromatic N) is 2. The molecule has 0 bridgehead atoms.